The Labute approximate surface area is 102 Å². The van der Waals surface area contributed by atoms with Gasteiger partial charge in [-0.25, -0.2) is 0 Å². The maximum Gasteiger partial charge on any atom is 0.243 e. The van der Waals surface area contributed by atoms with Crippen molar-refractivity contribution in [3.63, 3.8) is 0 Å². The molecule has 0 saturated carbocycles. The average Bonchev–Trinajstić information content (AvgIpc) is 2.24. The van der Waals surface area contributed by atoms with Crippen LogP contribution in [-0.2, 0) is 14.3 Å². The molecule has 6 heteroatoms. The van der Waals surface area contributed by atoms with E-state index in [9.17, 15) is 9.59 Å². The largest absolute Gasteiger partial charge is 0.370 e. The second-order valence-electron chi connectivity index (χ2n) is 4.37. The summed E-state index contributed by atoms with van der Waals surface area (Å²) < 4.78 is 4.92. The zero-order valence-corrected chi connectivity index (χ0v) is 10.6. The number of nitrogens with one attached hydrogen (secondary N) is 1. The quantitative estimate of drug-likeness (QED) is 0.463. The van der Waals surface area contributed by atoms with Gasteiger partial charge in [-0.05, 0) is 12.3 Å². The summed E-state index contributed by atoms with van der Waals surface area (Å²) in [5, 5.41) is 2.72. The van der Waals surface area contributed by atoms with Crippen LogP contribution in [0.15, 0.2) is 0 Å². The van der Waals surface area contributed by atoms with Crippen molar-refractivity contribution in [2.45, 2.75) is 20.3 Å². The van der Waals surface area contributed by atoms with Crippen LogP contribution in [0.1, 0.15) is 20.3 Å². The monoisotopic (exact) mass is 245 g/mol. The van der Waals surface area contributed by atoms with E-state index in [4.69, 9.17) is 16.2 Å². The van der Waals surface area contributed by atoms with Gasteiger partial charge < -0.3 is 21.5 Å². The third-order valence-corrected chi connectivity index (χ3v) is 2.20. The number of carbonyl (C=O) groups is 2. The molecule has 2 amide bonds. The van der Waals surface area contributed by atoms with Gasteiger partial charge in [0, 0.05) is 13.1 Å². The molecule has 1 atom stereocenters. The Balaban J connectivity index is 3.72. The summed E-state index contributed by atoms with van der Waals surface area (Å²) in [5.74, 6) is -0.314. The van der Waals surface area contributed by atoms with E-state index in [1.165, 1.54) is 0 Å². The fourth-order valence-electron chi connectivity index (χ4n) is 1.44. The number of rotatable bonds is 9. The maximum atomic E-state index is 11.7. The lowest BCUT2D eigenvalue weighted by molar-refractivity contribution is -0.125. The summed E-state index contributed by atoms with van der Waals surface area (Å²) in [5.41, 5.74) is 10.4. The lowest BCUT2D eigenvalue weighted by Crippen LogP contribution is -2.37. The van der Waals surface area contributed by atoms with Gasteiger partial charge in [-0.3, -0.25) is 9.59 Å². The Bertz CT molecular complexity index is 244. The van der Waals surface area contributed by atoms with Crippen molar-refractivity contribution in [3.05, 3.63) is 0 Å². The van der Waals surface area contributed by atoms with Crippen molar-refractivity contribution in [2.24, 2.45) is 23.3 Å². The molecular formula is C11H23N3O3. The van der Waals surface area contributed by atoms with Crippen LogP contribution in [0.3, 0.4) is 0 Å². The van der Waals surface area contributed by atoms with Crippen molar-refractivity contribution < 1.29 is 14.3 Å². The van der Waals surface area contributed by atoms with Crippen LogP contribution < -0.4 is 16.8 Å². The van der Waals surface area contributed by atoms with E-state index in [0.29, 0.717) is 19.0 Å². The normalized spacial score (nSPS) is 12.5. The molecule has 0 saturated heterocycles. The van der Waals surface area contributed by atoms with Gasteiger partial charge in [-0.15, -0.1) is 0 Å². The van der Waals surface area contributed by atoms with Gasteiger partial charge in [0.15, 0.2) is 0 Å². The van der Waals surface area contributed by atoms with E-state index in [2.05, 4.69) is 5.32 Å². The number of hydrogen-bond donors (Lipinski definition) is 3. The Hall–Kier alpha value is -1.14. The summed E-state index contributed by atoms with van der Waals surface area (Å²) in [4.78, 5) is 22.0. The third-order valence-electron chi connectivity index (χ3n) is 2.20. The minimum atomic E-state index is -0.518. The Morgan fingerprint density at radius 2 is 2.00 bits per heavy atom. The Morgan fingerprint density at radius 1 is 1.35 bits per heavy atom. The maximum absolute atomic E-state index is 11.7. The highest BCUT2D eigenvalue weighted by molar-refractivity contribution is 5.78. The highest BCUT2D eigenvalue weighted by atomic mass is 16.5. The Morgan fingerprint density at radius 3 is 2.47 bits per heavy atom. The first-order valence-corrected chi connectivity index (χ1v) is 5.81. The first-order chi connectivity index (χ1) is 7.97. The van der Waals surface area contributed by atoms with Crippen LogP contribution in [0.5, 0.6) is 0 Å². The standard InChI is InChI=1S/C11H23N3O3/c1-8(2)5-9(6-12)11(16)14-3-4-17-7-10(13)15/h8-9H,3-7,12H2,1-2H3,(H2,13,15)(H,14,16). The first kappa shape index (κ1) is 15.9. The molecule has 0 fully saturated rings. The molecule has 100 valence electrons. The second-order valence-corrected chi connectivity index (χ2v) is 4.37. The van der Waals surface area contributed by atoms with E-state index >= 15 is 0 Å². The van der Waals surface area contributed by atoms with Crippen LogP contribution in [0, 0.1) is 11.8 Å². The van der Waals surface area contributed by atoms with Gasteiger partial charge in [0.25, 0.3) is 0 Å². The van der Waals surface area contributed by atoms with E-state index in [1.807, 2.05) is 13.8 Å². The smallest absolute Gasteiger partial charge is 0.243 e. The number of amides is 2. The highest BCUT2D eigenvalue weighted by Crippen LogP contribution is 2.10. The van der Waals surface area contributed by atoms with Crippen molar-refractivity contribution >= 4 is 11.8 Å². The summed E-state index contributed by atoms with van der Waals surface area (Å²) in [7, 11) is 0. The van der Waals surface area contributed by atoms with Gasteiger partial charge in [0.2, 0.25) is 11.8 Å². The molecule has 0 rings (SSSR count). The van der Waals surface area contributed by atoms with Crippen LogP contribution in [0.4, 0.5) is 0 Å². The molecule has 0 aliphatic heterocycles. The molecule has 0 radical (unpaired) electrons. The van der Waals surface area contributed by atoms with Crippen LogP contribution >= 0.6 is 0 Å². The summed E-state index contributed by atoms with van der Waals surface area (Å²) in [6, 6.07) is 0. The summed E-state index contributed by atoms with van der Waals surface area (Å²) in [6.45, 7) is 4.94. The molecule has 17 heavy (non-hydrogen) atoms. The fraction of sp³-hybridized carbons (Fsp3) is 0.818. The fourth-order valence-corrected chi connectivity index (χ4v) is 1.44. The lowest BCUT2D eigenvalue weighted by Gasteiger charge is -2.16. The molecule has 0 bridgehead atoms. The molecular weight excluding hydrogens is 222 g/mol. The van der Waals surface area contributed by atoms with Gasteiger partial charge >= 0.3 is 0 Å². The molecule has 0 aliphatic rings. The number of hydrogen-bond acceptors (Lipinski definition) is 4. The predicted molar refractivity (Wildman–Crippen MR) is 65.0 cm³/mol. The van der Waals surface area contributed by atoms with Crippen LogP contribution in [0.25, 0.3) is 0 Å². The molecule has 1 unspecified atom stereocenters. The van der Waals surface area contributed by atoms with Crippen LogP contribution in [-0.4, -0.2) is 38.1 Å². The zero-order valence-electron chi connectivity index (χ0n) is 10.6. The van der Waals surface area contributed by atoms with Crippen molar-refractivity contribution in [1.82, 2.24) is 5.32 Å². The lowest BCUT2D eigenvalue weighted by atomic mass is 9.96. The number of nitrogens with two attached hydrogens (primary N) is 2. The van der Waals surface area contributed by atoms with E-state index < -0.39 is 5.91 Å². The molecule has 0 spiro atoms. The van der Waals surface area contributed by atoms with Crippen molar-refractivity contribution in [1.29, 1.82) is 0 Å². The van der Waals surface area contributed by atoms with Crippen molar-refractivity contribution in [2.75, 3.05) is 26.3 Å². The van der Waals surface area contributed by atoms with Gasteiger partial charge in [-0.2, -0.15) is 0 Å². The Kier molecular flexibility index (Phi) is 8.35. The van der Waals surface area contributed by atoms with E-state index in [-0.39, 0.29) is 25.0 Å². The average molecular weight is 245 g/mol. The number of ether oxygens (including phenoxy) is 1. The SMILES string of the molecule is CC(C)CC(CN)C(=O)NCCOCC(N)=O. The van der Waals surface area contributed by atoms with Gasteiger partial charge in [0.05, 0.1) is 12.5 Å². The van der Waals surface area contributed by atoms with Gasteiger partial charge in [0.1, 0.15) is 6.61 Å². The number of primary amides is 1. The molecule has 0 aromatic heterocycles. The molecule has 0 aromatic carbocycles. The topological polar surface area (TPSA) is 107 Å². The summed E-state index contributed by atoms with van der Waals surface area (Å²) >= 11 is 0. The third kappa shape index (κ3) is 8.65. The molecule has 0 aliphatic carbocycles. The van der Waals surface area contributed by atoms with Crippen molar-refractivity contribution in [3.8, 4) is 0 Å². The molecule has 6 nitrogen and oxygen atoms in total. The van der Waals surface area contributed by atoms with Crippen LogP contribution in [0.2, 0.25) is 0 Å². The predicted octanol–water partition coefficient (Wildman–Crippen LogP) is -0.774. The zero-order chi connectivity index (χ0) is 13.3. The van der Waals surface area contributed by atoms with E-state index in [0.717, 1.165) is 6.42 Å². The highest BCUT2D eigenvalue weighted by Gasteiger charge is 2.17. The molecule has 0 aromatic rings. The second kappa shape index (κ2) is 8.95. The van der Waals surface area contributed by atoms with E-state index in [1.54, 1.807) is 0 Å². The molecule has 5 N–H and O–H groups in total. The minimum Gasteiger partial charge on any atom is -0.370 e. The minimum absolute atomic E-state index is 0.0659. The summed E-state index contributed by atoms with van der Waals surface area (Å²) in [6.07, 6.45) is 0.768. The first-order valence-electron chi connectivity index (χ1n) is 5.81. The molecule has 0 heterocycles. The number of carbonyl (C=O) groups excluding carboxylic acids is 2. The van der Waals surface area contributed by atoms with Gasteiger partial charge in [-0.1, -0.05) is 13.8 Å².